The third-order valence-corrected chi connectivity index (χ3v) is 6.13. The summed E-state index contributed by atoms with van der Waals surface area (Å²) < 4.78 is 2.18. The molecule has 0 bridgehead atoms. The van der Waals surface area contributed by atoms with E-state index < -0.39 is 0 Å². The van der Waals surface area contributed by atoms with Gasteiger partial charge in [-0.2, -0.15) is 0 Å². The van der Waals surface area contributed by atoms with Crippen LogP contribution >= 0.6 is 31.9 Å². The normalized spacial score (nSPS) is 11.9. The van der Waals surface area contributed by atoms with Gasteiger partial charge in [0.15, 0.2) is 5.78 Å². The topological polar surface area (TPSA) is 17.1 Å². The number of benzene rings is 4. The van der Waals surface area contributed by atoms with Crippen LogP contribution in [0.25, 0.3) is 33.4 Å². The summed E-state index contributed by atoms with van der Waals surface area (Å²) in [5.41, 5.74) is 7.35. The van der Waals surface area contributed by atoms with Crippen molar-refractivity contribution in [3.63, 3.8) is 0 Å². The molecule has 0 aliphatic heterocycles. The molecule has 0 fully saturated rings. The standard InChI is InChI=1S/C24H16Br2.C5H4O/c25-21-11-6-18(7-12-21)23-15-10-20(17-4-2-1-3-5-17)16-24(23)19-8-13-22(26)14-9-19;6-5-3-1-2-4-5/h1-16H;1-4H. The Bertz CT molecular complexity index is 1260. The van der Waals surface area contributed by atoms with Gasteiger partial charge in [0.1, 0.15) is 0 Å². The fourth-order valence-corrected chi connectivity index (χ4v) is 3.99. The molecule has 1 aliphatic rings. The van der Waals surface area contributed by atoms with Crippen LogP contribution in [0, 0.1) is 0 Å². The Kier molecular flexibility index (Phi) is 7.31. The smallest absolute Gasteiger partial charge is 0.178 e. The summed E-state index contributed by atoms with van der Waals surface area (Å²) in [5.74, 6) is 0.0926. The van der Waals surface area contributed by atoms with Crippen LogP contribution in [0.3, 0.4) is 0 Å². The summed E-state index contributed by atoms with van der Waals surface area (Å²) in [5, 5.41) is 0. The van der Waals surface area contributed by atoms with Gasteiger partial charge in [0.2, 0.25) is 0 Å². The van der Waals surface area contributed by atoms with E-state index in [-0.39, 0.29) is 5.78 Å². The quantitative estimate of drug-likeness (QED) is 0.252. The molecular formula is C29H20Br2O. The van der Waals surface area contributed by atoms with Gasteiger partial charge < -0.3 is 0 Å². The molecule has 0 atom stereocenters. The van der Waals surface area contributed by atoms with Crippen molar-refractivity contribution in [2.24, 2.45) is 0 Å². The summed E-state index contributed by atoms with van der Waals surface area (Å²) in [6.45, 7) is 0. The molecule has 0 N–H and O–H groups in total. The average Bonchev–Trinajstić information content (AvgIpc) is 3.32. The van der Waals surface area contributed by atoms with Crippen LogP contribution in [0.15, 0.2) is 130 Å². The molecule has 0 amide bonds. The molecule has 156 valence electrons. The van der Waals surface area contributed by atoms with Crippen molar-refractivity contribution in [2.45, 2.75) is 0 Å². The Morgan fingerprint density at radius 2 is 0.969 bits per heavy atom. The monoisotopic (exact) mass is 542 g/mol. The van der Waals surface area contributed by atoms with Crippen molar-refractivity contribution >= 4 is 37.6 Å². The van der Waals surface area contributed by atoms with Gasteiger partial charge in [-0.15, -0.1) is 0 Å². The van der Waals surface area contributed by atoms with Gasteiger partial charge in [0.05, 0.1) is 0 Å². The lowest BCUT2D eigenvalue weighted by molar-refractivity contribution is -0.110. The number of hydrogen-bond donors (Lipinski definition) is 0. The SMILES string of the molecule is Brc1ccc(-c2ccc(-c3ccccc3)cc2-c2ccc(Br)cc2)cc1.O=C1C=CC=C1. The minimum atomic E-state index is 0.0926. The second kappa shape index (κ2) is 10.5. The number of rotatable bonds is 3. The highest BCUT2D eigenvalue weighted by Gasteiger charge is 2.10. The number of carbonyl (C=O) groups excluding carboxylic acids is 1. The summed E-state index contributed by atoms with van der Waals surface area (Å²) in [7, 11) is 0. The molecule has 4 aromatic rings. The molecule has 0 aromatic heterocycles. The van der Waals surface area contributed by atoms with Gasteiger partial charge in [0, 0.05) is 8.95 Å². The maximum Gasteiger partial charge on any atom is 0.178 e. The summed E-state index contributed by atoms with van der Waals surface area (Å²) in [6, 6.07) is 34.2. The Morgan fingerprint density at radius 3 is 1.47 bits per heavy atom. The maximum atomic E-state index is 10.1. The van der Waals surface area contributed by atoms with Gasteiger partial charge >= 0.3 is 0 Å². The molecule has 0 spiro atoms. The zero-order chi connectivity index (χ0) is 22.3. The van der Waals surface area contributed by atoms with Gasteiger partial charge in [-0.1, -0.05) is 111 Å². The second-order valence-corrected chi connectivity index (χ2v) is 9.09. The first kappa shape index (κ1) is 22.2. The fourth-order valence-electron chi connectivity index (χ4n) is 3.46. The molecule has 4 aromatic carbocycles. The van der Waals surface area contributed by atoms with Gasteiger partial charge in [-0.25, -0.2) is 0 Å². The Hall–Kier alpha value is -3.01. The minimum Gasteiger partial charge on any atom is -0.290 e. The van der Waals surface area contributed by atoms with E-state index in [2.05, 4.69) is 129 Å². The van der Waals surface area contributed by atoms with Crippen molar-refractivity contribution in [1.29, 1.82) is 0 Å². The molecule has 0 unspecified atom stereocenters. The molecule has 5 rings (SSSR count). The number of carbonyl (C=O) groups is 1. The average molecular weight is 544 g/mol. The van der Waals surface area contributed by atoms with Crippen molar-refractivity contribution in [2.75, 3.05) is 0 Å². The van der Waals surface area contributed by atoms with Gasteiger partial charge in [-0.05, 0) is 75.9 Å². The lowest BCUT2D eigenvalue weighted by atomic mass is 9.91. The highest BCUT2D eigenvalue weighted by molar-refractivity contribution is 9.10. The Labute approximate surface area is 205 Å². The first-order valence-electron chi connectivity index (χ1n) is 10.2. The maximum absolute atomic E-state index is 10.1. The first-order valence-corrected chi connectivity index (χ1v) is 11.8. The first-order chi connectivity index (χ1) is 15.6. The number of hydrogen-bond acceptors (Lipinski definition) is 1. The molecule has 0 saturated carbocycles. The van der Waals surface area contributed by atoms with Crippen LogP contribution in [-0.2, 0) is 4.79 Å². The molecular weight excluding hydrogens is 524 g/mol. The van der Waals surface area contributed by atoms with Gasteiger partial charge in [-0.3, -0.25) is 4.79 Å². The second-order valence-electron chi connectivity index (χ2n) is 7.26. The summed E-state index contributed by atoms with van der Waals surface area (Å²) in [6.07, 6.45) is 6.50. The zero-order valence-electron chi connectivity index (χ0n) is 17.2. The van der Waals surface area contributed by atoms with E-state index in [0.717, 1.165) is 8.95 Å². The number of halogens is 2. The van der Waals surface area contributed by atoms with E-state index in [1.54, 1.807) is 12.2 Å². The lowest BCUT2D eigenvalue weighted by Gasteiger charge is -2.13. The van der Waals surface area contributed by atoms with Crippen LogP contribution in [0.4, 0.5) is 0 Å². The third-order valence-electron chi connectivity index (χ3n) is 5.07. The van der Waals surface area contributed by atoms with Crippen molar-refractivity contribution in [3.8, 4) is 33.4 Å². The van der Waals surface area contributed by atoms with E-state index in [4.69, 9.17) is 0 Å². The number of allylic oxidation sites excluding steroid dienone is 4. The molecule has 1 nitrogen and oxygen atoms in total. The van der Waals surface area contributed by atoms with Crippen LogP contribution in [-0.4, -0.2) is 5.78 Å². The predicted molar refractivity (Wildman–Crippen MR) is 141 cm³/mol. The van der Waals surface area contributed by atoms with Gasteiger partial charge in [0.25, 0.3) is 0 Å². The fraction of sp³-hybridized carbons (Fsp3) is 0. The van der Waals surface area contributed by atoms with Crippen LogP contribution in [0.5, 0.6) is 0 Å². The van der Waals surface area contributed by atoms with E-state index in [1.807, 2.05) is 0 Å². The summed E-state index contributed by atoms with van der Waals surface area (Å²) in [4.78, 5) is 10.1. The van der Waals surface area contributed by atoms with Crippen molar-refractivity contribution < 1.29 is 4.79 Å². The molecule has 0 saturated heterocycles. The van der Waals surface area contributed by atoms with Crippen molar-refractivity contribution in [1.82, 2.24) is 0 Å². The lowest BCUT2D eigenvalue weighted by Crippen LogP contribution is -1.88. The van der Waals surface area contributed by atoms with E-state index >= 15 is 0 Å². The highest BCUT2D eigenvalue weighted by Crippen LogP contribution is 2.36. The largest absolute Gasteiger partial charge is 0.290 e. The zero-order valence-corrected chi connectivity index (χ0v) is 20.4. The predicted octanol–water partition coefficient (Wildman–Crippen LogP) is 8.89. The Morgan fingerprint density at radius 1 is 0.469 bits per heavy atom. The van der Waals surface area contributed by atoms with E-state index in [9.17, 15) is 4.79 Å². The van der Waals surface area contributed by atoms with Crippen LogP contribution < -0.4 is 0 Å². The Balaban J connectivity index is 0.000000354. The highest BCUT2D eigenvalue weighted by atomic mass is 79.9. The molecule has 1 aliphatic carbocycles. The number of ketones is 1. The van der Waals surface area contributed by atoms with Crippen LogP contribution in [0.1, 0.15) is 0 Å². The molecule has 0 radical (unpaired) electrons. The van der Waals surface area contributed by atoms with E-state index in [1.165, 1.54) is 45.5 Å². The molecule has 0 heterocycles. The van der Waals surface area contributed by atoms with E-state index in [0.29, 0.717) is 0 Å². The third kappa shape index (κ3) is 5.61. The summed E-state index contributed by atoms with van der Waals surface area (Å²) >= 11 is 7.06. The molecule has 32 heavy (non-hydrogen) atoms. The van der Waals surface area contributed by atoms with Crippen LogP contribution in [0.2, 0.25) is 0 Å². The molecule has 3 heteroatoms. The minimum absolute atomic E-state index is 0.0926. The van der Waals surface area contributed by atoms with Crippen molar-refractivity contribution in [3.05, 3.63) is 130 Å².